The topological polar surface area (TPSA) is 65.7 Å². The van der Waals surface area contributed by atoms with E-state index in [0.29, 0.717) is 5.75 Å². The number of hydrogen-bond donors (Lipinski definition) is 0. The van der Waals surface area contributed by atoms with E-state index in [0.717, 1.165) is 18.0 Å². The second-order valence-corrected chi connectivity index (χ2v) is 4.16. The molecule has 0 aliphatic rings. The molecule has 0 unspecified atom stereocenters. The van der Waals surface area contributed by atoms with E-state index in [1.807, 2.05) is 0 Å². The van der Waals surface area contributed by atoms with E-state index >= 15 is 0 Å². The predicted molar refractivity (Wildman–Crippen MR) is 68.5 cm³/mol. The molecule has 0 aliphatic heterocycles. The second kappa shape index (κ2) is 5.43. The van der Waals surface area contributed by atoms with Crippen LogP contribution in [0.25, 0.3) is 5.69 Å². The van der Waals surface area contributed by atoms with Gasteiger partial charge in [0.2, 0.25) is 0 Å². The fourth-order valence-electron chi connectivity index (χ4n) is 1.66. The Kier molecular flexibility index (Phi) is 3.45. The maximum atomic E-state index is 12.6. The van der Waals surface area contributed by atoms with Gasteiger partial charge in [-0.05, 0) is 30.3 Å². The first kappa shape index (κ1) is 14.0. The Bertz CT molecular complexity index is 756. The molecule has 112 valence electrons. The zero-order valence-electron chi connectivity index (χ0n) is 10.9. The highest BCUT2D eigenvalue weighted by Crippen LogP contribution is 2.28. The van der Waals surface area contributed by atoms with Crippen LogP contribution < -0.4 is 4.74 Å². The molecule has 0 bridgehead atoms. The Balaban J connectivity index is 1.79. The van der Waals surface area contributed by atoms with E-state index in [1.165, 1.54) is 17.3 Å². The summed E-state index contributed by atoms with van der Waals surface area (Å²) in [6, 6.07) is 6.90. The molecule has 0 saturated carbocycles. The number of nitrogens with zero attached hydrogens (tertiary/aromatic N) is 5. The first-order valence-corrected chi connectivity index (χ1v) is 6.05. The summed E-state index contributed by atoms with van der Waals surface area (Å²) in [4.78, 5) is 10.8. The van der Waals surface area contributed by atoms with E-state index in [1.54, 1.807) is 24.3 Å². The van der Waals surface area contributed by atoms with Gasteiger partial charge < -0.3 is 4.74 Å². The molecule has 0 N–H and O–H groups in total. The van der Waals surface area contributed by atoms with Crippen molar-refractivity contribution in [2.75, 3.05) is 0 Å². The number of rotatable bonds is 3. The standard InChI is InChI=1S/C13H8F3N5O/c14-13(15,16)11-5-6-18-12(20-11)22-10-3-1-9(2-4-10)21-8-17-7-19-21/h1-8H. The summed E-state index contributed by atoms with van der Waals surface area (Å²) in [6.45, 7) is 0. The van der Waals surface area contributed by atoms with Gasteiger partial charge in [0, 0.05) is 6.20 Å². The third-order valence-corrected chi connectivity index (χ3v) is 2.65. The lowest BCUT2D eigenvalue weighted by Crippen LogP contribution is -2.08. The molecule has 2 aromatic heterocycles. The molecule has 0 amide bonds. The van der Waals surface area contributed by atoms with Crippen LogP contribution in [0.4, 0.5) is 13.2 Å². The van der Waals surface area contributed by atoms with Crippen molar-refractivity contribution in [3.63, 3.8) is 0 Å². The van der Waals surface area contributed by atoms with Gasteiger partial charge in [-0.25, -0.2) is 14.6 Å². The number of ether oxygens (including phenoxy) is 1. The van der Waals surface area contributed by atoms with Crippen LogP contribution in [0.2, 0.25) is 0 Å². The Morgan fingerprint density at radius 3 is 2.45 bits per heavy atom. The van der Waals surface area contributed by atoms with Crippen molar-refractivity contribution in [1.29, 1.82) is 0 Å². The van der Waals surface area contributed by atoms with Crippen molar-refractivity contribution in [2.45, 2.75) is 6.18 Å². The average molecular weight is 307 g/mol. The molecule has 3 rings (SSSR count). The lowest BCUT2D eigenvalue weighted by molar-refractivity contribution is -0.141. The molecule has 0 aliphatic carbocycles. The molecular formula is C13H8F3N5O. The van der Waals surface area contributed by atoms with Crippen molar-refractivity contribution in [3.8, 4) is 17.4 Å². The SMILES string of the molecule is FC(F)(F)c1ccnc(Oc2ccc(-n3cncn3)cc2)n1. The maximum Gasteiger partial charge on any atom is 0.433 e. The molecule has 0 atom stereocenters. The van der Waals surface area contributed by atoms with Crippen molar-refractivity contribution >= 4 is 0 Å². The minimum Gasteiger partial charge on any atom is -0.424 e. The van der Waals surface area contributed by atoms with Gasteiger partial charge in [-0.1, -0.05) is 0 Å². The Hall–Kier alpha value is -2.97. The molecule has 0 fully saturated rings. The summed E-state index contributed by atoms with van der Waals surface area (Å²) in [7, 11) is 0. The summed E-state index contributed by atoms with van der Waals surface area (Å²) in [5.74, 6) is 0.309. The Morgan fingerprint density at radius 2 is 1.82 bits per heavy atom. The van der Waals surface area contributed by atoms with Gasteiger partial charge >= 0.3 is 12.2 Å². The van der Waals surface area contributed by atoms with Gasteiger partial charge in [0.15, 0.2) is 5.69 Å². The summed E-state index contributed by atoms with van der Waals surface area (Å²) < 4.78 is 44.4. The molecule has 2 heterocycles. The van der Waals surface area contributed by atoms with Crippen LogP contribution in [0.15, 0.2) is 49.2 Å². The lowest BCUT2D eigenvalue weighted by atomic mass is 10.3. The average Bonchev–Trinajstić information content (AvgIpc) is 3.02. The van der Waals surface area contributed by atoms with Crippen molar-refractivity contribution < 1.29 is 17.9 Å². The van der Waals surface area contributed by atoms with E-state index in [4.69, 9.17) is 4.74 Å². The zero-order valence-corrected chi connectivity index (χ0v) is 10.9. The number of alkyl halides is 3. The third kappa shape index (κ3) is 3.03. The normalized spacial score (nSPS) is 11.4. The first-order valence-electron chi connectivity index (χ1n) is 6.05. The number of hydrogen-bond acceptors (Lipinski definition) is 5. The van der Waals surface area contributed by atoms with Crippen LogP contribution in [0.3, 0.4) is 0 Å². The van der Waals surface area contributed by atoms with Gasteiger partial charge in [-0.3, -0.25) is 0 Å². The minimum absolute atomic E-state index is 0.309. The molecule has 6 nitrogen and oxygen atoms in total. The van der Waals surface area contributed by atoms with Crippen LogP contribution in [0, 0.1) is 0 Å². The molecule has 0 saturated heterocycles. The van der Waals surface area contributed by atoms with Gasteiger partial charge in [0.25, 0.3) is 0 Å². The zero-order chi connectivity index (χ0) is 15.6. The Labute approximate surface area is 122 Å². The van der Waals surface area contributed by atoms with E-state index < -0.39 is 11.9 Å². The minimum atomic E-state index is -4.54. The molecular weight excluding hydrogens is 299 g/mol. The number of halogens is 3. The highest BCUT2D eigenvalue weighted by molar-refractivity contribution is 5.37. The van der Waals surface area contributed by atoms with Crippen LogP contribution in [0.1, 0.15) is 5.69 Å². The molecule has 3 aromatic rings. The molecule has 0 spiro atoms. The van der Waals surface area contributed by atoms with Crippen LogP contribution in [0.5, 0.6) is 11.8 Å². The van der Waals surface area contributed by atoms with Crippen molar-refractivity contribution in [3.05, 3.63) is 54.9 Å². The largest absolute Gasteiger partial charge is 0.433 e. The number of aromatic nitrogens is 5. The molecule has 1 aromatic carbocycles. The van der Waals surface area contributed by atoms with Crippen LogP contribution >= 0.6 is 0 Å². The quantitative estimate of drug-likeness (QED) is 0.744. The fourth-order valence-corrected chi connectivity index (χ4v) is 1.66. The third-order valence-electron chi connectivity index (χ3n) is 2.65. The van der Waals surface area contributed by atoms with Gasteiger partial charge in [-0.2, -0.15) is 23.3 Å². The highest BCUT2D eigenvalue weighted by Gasteiger charge is 2.33. The predicted octanol–water partition coefficient (Wildman–Crippen LogP) is 2.87. The summed E-state index contributed by atoms with van der Waals surface area (Å²) in [5.41, 5.74) is -0.327. The molecule has 0 radical (unpaired) electrons. The summed E-state index contributed by atoms with van der Waals surface area (Å²) >= 11 is 0. The maximum absolute atomic E-state index is 12.6. The number of benzene rings is 1. The van der Waals surface area contributed by atoms with Crippen molar-refractivity contribution in [2.24, 2.45) is 0 Å². The van der Waals surface area contributed by atoms with E-state index in [9.17, 15) is 13.2 Å². The second-order valence-electron chi connectivity index (χ2n) is 4.16. The molecule has 9 heteroatoms. The van der Waals surface area contributed by atoms with E-state index in [-0.39, 0.29) is 6.01 Å². The van der Waals surface area contributed by atoms with Crippen LogP contribution in [-0.2, 0) is 6.18 Å². The van der Waals surface area contributed by atoms with Gasteiger partial charge in [0.1, 0.15) is 18.4 Å². The first-order chi connectivity index (χ1) is 10.5. The summed E-state index contributed by atoms with van der Waals surface area (Å²) in [5, 5.41) is 3.95. The smallest absolute Gasteiger partial charge is 0.424 e. The van der Waals surface area contributed by atoms with Crippen LogP contribution in [-0.4, -0.2) is 24.7 Å². The van der Waals surface area contributed by atoms with Crippen molar-refractivity contribution in [1.82, 2.24) is 24.7 Å². The fraction of sp³-hybridized carbons (Fsp3) is 0.0769. The van der Waals surface area contributed by atoms with Gasteiger partial charge in [0.05, 0.1) is 5.69 Å². The lowest BCUT2D eigenvalue weighted by Gasteiger charge is -2.08. The monoisotopic (exact) mass is 307 g/mol. The Morgan fingerprint density at radius 1 is 1.05 bits per heavy atom. The van der Waals surface area contributed by atoms with Gasteiger partial charge in [-0.15, -0.1) is 0 Å². The molecule has 22 heavy (non-hydrogen) atoms. The summed E-state index contributed by atoms with van der Waals surface area (Å²) in [6.07, 6.45) is -0.639. The van der Waals surface area contributed by atoms with E-state index in [2.05, 4.69) is 20.1 Å². The highest BCUT2D eigenvalue weighted by atomic mass is 19.4.